The standard InChI is InChI=1S/C22H41N3O2/c1-27-22(24-20-13-7-5-3-2-4-6-8-14-20)25-21-15-10-9-12-19(23-18-26)16-11-17-21/h19-22,24-25H,2-17H2,1H3. The second kappa shape index (κ2) is 14.3. The van der Waals surface area contributed by atoms with Gasteiger partial charge in [-0.1, -0.05) is 57.8 Å². The van der Waals surface area contributed by atoms with Crippen LogP contribution in [-0.4, -0.2) is 37.7 Å². The summed E-state index contributed by atoms with van der Waals surface area (Å²) in [4.78, 5) is 14.5. The van der Waals surface area contributed by atoms with Gasteiger partial charge in [0.05, 0.1) is 6.04 Å². The molecule has 0 aromatic heterocycles. The summed E-state index contributed by atoms with van der Waals surface area (Å²) in [6.07, 6.45) is 21.6. The molecule has 5 heteroatoms. The molecule has 27 heavy (non-hydrogen) atoms. The maximum atomic E-state index is 10.6. The average molecular weight is 380 g/mol. The second-order valence-electron chi connectivity index (χ2n) is 8.48. The first-order chi connectivity index (χ1) is 13.3. The molecule has 0 spiro atoms. The first-order valence-electron chi connectivity index (χ1n) is 11.4. The lowest BCUT2D eigenvalue weighted by molar-refractivity contribution is 0.0217. The topological polar surface area (TPSA) is 62.7 Å². The molecule has 0 aromatic carbocycles. The lowest BCUT2D eigenvalue weighted by Crippen LogP contribution is -2.52. The van der Waals surface area contributed by atoms with Gasteiger partial charge in [-0.15, -0.1) is 0 Å². The van der Waals surface area contributed by atoms with E-state index in [1.54, 1.807) is 13.2 Å². The highest BCUT2D eigenvalue weighted by Gasteiger charge is 2.20. The normalized spacial score (nSPS) is 28.2. The number of isocyanates is 1. The van der Waals surface area contributed by atoms with Gasteiger partial charge in [0.25, 0.3) is 0 Å². The minimum absolute atomic E-state index is 0.0625. The van der Waals surface area contributed by atoms with E-state index in [0.29, 0.717) is 12.1 Å². The Morgan fingerprint density at radius 3 is 1.74 bits per heavy atom. The van der Waals surface area contributed by atoms with E-state index < -0.39 is 0 Å². The van der Waals surface area contributed by atoms with Crippen LogP contribution in [0.15, 0.2) is 4.99 Å². The Bertz CT molecular complexity index is 416. The molecule has 0 saturated heterocycles. The molecule has 0 amide bonds. The van der Waals surface area contributed by atoms with Crippen molar-refractivity contribution >= 4 is 6.08 Å². The molecular weight excluding hydrogens is 338 g/mol. The summed E-state index contributed by atoms with van der Waals surface area (Å²) in [5, 5.41) is 7.46. The number of hydrogen-bond acceptors (Lipinski definition) is 5. The maximum absolute atomic E-state index is 10.6. The number of hydrogen-bond donors (Lipinski definition) is 2. The number of carbonyl (C=O) groups excluding carboxylic acids is 1. The van der Waals surface area contributed by atoms with Crippen molar-refractivity contribution < 1.29 is 9.53 Å². The quantitative estimate of drug-likeness (QED) is 0.395. The minimum atomic E-state index is -0.0625. The van der Waals surface area contributed by atoms with E-state index in [9.17, 15) is 4.79 Å². The van der Waals surface area contributed by atoms with Crippen LogP contribution in [0.4, 0.5) is 0 Å². The Labute approximate surface area is 166 Å². The third-order valence-electron chi connectivity index (χ3n) is 6.28. The zero-order valence-electron chi connectivity index (χ0n) is 17.4. The van der Waals surface area contributed by atoms with Crippen molar-refractivity contribution in [1.82, 2.24) is 10.6 Å². The molecular formula is C22H41N3O2. The fourth-order valence-electron chi connectivity index (χ4n) is 4.62. The van der Waals surface area contributed by atoms with Crippen molar-refractivity contribution in [2.75, 3.05) is 7.11 Å². The number of aliphatic imine (C=N–C) groups is 1. The second-order valence-corrected chi connectivity index (χ2v) is 8.48. The molecule has 2 aliphatic carbocycles. The Balaban J connectivity index is 1.79. The molecule has 3 atom stereocenters. The number of nitrogens with zero attached hydrogens (tertiary/aromatic N) is 1. The zero-order valence-corrected chi connectivity index (χ0v) is 17.4. The van der Waals surface area contributed by atoms with Gasteiger partial charge in [-0.25, -0.2) is 9.79 Å². The fraction of sp³-hybridized carbons (Fsp3) is 0.955. The average Bonchev–Trinajstić information content (AvgIpc) is 2.79. The van der Waals surface area contributed by atoms with Gasteiger partial charge in [0.2, 0.25) is 6.08 Å². The molecule has 0 aliphatic heterocycles. The van der Waals surface area contributed by atoms with Gasteiger partial charge in [0, 0.05) is 19.2 Å². The largest absolute Gasteiger partial charge is 0.353 e. The number of methoxy groups -OCH3 is 1. The molecule has 0 bridgehead atoms. The monoisotopic (exact) mass is 379 g/mol. The summed E-state index contributed by atoms with van der Waals surface area (Å²) in [7, 11) is 1.80. The van der Waals surface area contributed by atoms with Gasteiger partial charge in [-0.3, -0.25) is 10.6 Å². The highest BCUT2D eigenvalue weighted by molar-refractivity contribution is 5.33. The van der Waals surface area contributed by atoms with E-state index in [2.05, 4.69) is 15.6 Å². The van der Waals surface area contributed by atoms with Crippen LogP contribution in [0.25, 0.3) is 0 Å². The summed E-state index contributed by atoms with van der Waals surface area (Å²) < 4.78 is 5.75. The fourth-order valence-corrected chi connectivity index (χ4v) is 4.62. The molecule has 5 nitrogen and oxygen atoms in total. The van der Waals surface area contributed by atoms with Gasteiger partial charge in [-0.2, -0.15) is 0 Å². The molecule has 2 fully saturated rings. The van der Waals surface area contributed by atoms with Gasteiger partial charge < -0.3 is 4.74 Å². The van der Waals surface area contributed by atoms with E-state index in [0.717, 1.165) is 32.1 Å². The molecule has 3 unspecified atom stereocenters. The predicted octanol–water partition coefficient (Wildman–Crippen LogP) is 4.81. The summed E-state index contributed by atoms with van der Waals surface area (Å²) >= 11 is 0. The molecule has 2 saturated carbocycles. The third-order valence-corrected chi connectivity index (χ3v) is 6.28. The Kier molecular flexibility index (Phi) is 11.9. The summed E-state index contributed by atoms with van der Waals surface area (Å²) in [6.45, 7) is 0. The number of ether oxygens (including phenoxy) is 1. The highest BCUT2D eigenvalue weighted by Crippen LogP contribution is 2.21. The molecule has 156 valence electrons. The van der Waals surface area contributed by atoms with Crippen LogP contribution in [0.5, 0.6) is 0 Å². The molecule has 0 heterocycles. The Morgan fingerprint density at radius 2 is 1.19 bits per heavy atom. The van der Waals surface area contributed by atoms with Crippen molar-refractivity contribution in [2.24, 2.45) is 4.99 Å². The zero-order chi connectivity index (χ0) is 19.2. The van der Waals surface area contributed by atoms with Crippen molar-refractivity contribution in [3.8, 4) is 0 Å². The molecule has 0 radical (unpaired) electrons. The van der Waals surface area contributed by atoms with Crippen LogP contribution in [0.2, 0.25) is 0 Å². The van der Waals surface area contributed by atoms with Crippen LogP contribution in [0, 0.1) is 0 Å². The van der Waals surface area contributed by atoms with Crippen LogP contribution in [0.1, 0.15) is 103 Å². The smallest absolute Gasteiger partial charge is 0.235 e. The van der Waals surface area contributed by atoms with Crippen LogP contribution < -0.4 is 10.6 Å². The molecule has 0 aromatic rings. The van der Waals surface area contributed by atoms with Gasteiger partial charge in [0.1, 0.15) is 0 Å². The molecule has 2 rings (SSSR count). The summed E-state index contributed by atoms with van der Waals surface area (Å²) in [6, 6.07) is 1.21. The Hall–Kier alpha value is -0.740. The molecule has 2 N–H and O–H groups in total. The SMILES string of the molecule is COC(NC1CCCCCCCCC1)NC1CCCCC(N=C=O)CCC1. The molecule has 2 aliphatic rings. The lowest BCUT2D eigenvalue weighted by Gasteiger charge is -2.30. The third kappa shape index (κ3) is 9.84. The van der Waals surface area contributed by atoms with E-state index >= 15 is 0 Å². The number of nitrogens with one attached hydrogen (secondary N) is 2. The summed E-state index contributed by atoms with van der Waals surface area (Å²) in [5.41, 5.74) is 0. The van der Waals surface area contributed by atoms with E-state index in [1.165, 1.54) is 70.6 Å². The first-order valence-corrected chi connectivity index (χ1v) is 11.4. The maximum Gasteiger partial charge on any atom is 0.235 e. The van der Waals surface area contributed by atoms with Crippen molar-refractivity contribution in [3.63, 3.8) is 0 Å². The van der Waals surface area contributed by atoms with E-state index in [1.807, 2.05) is 0 Å². The predicted molar refractivity (Wildman–Crippen MR) is 110 cm³/mol. The first kappa shape index (κ1) is 22.5. The van der Waals surface area contributed by atoms with Crippen LogP contribution >= 0.6 is 0 Å². The Morgan fingerprint density at radius 1 is 0.741 bits per heavy atom. The van der Waals surface area contributed by atoms with Gasteiger partial charge in [0.15, 0.2) is 6.35 Å². The van der Waals surface area contributed by atoms with Crippen LogP contribution in [0.3, 0.4) is 0 Å². The van der Waals surface area contributed by atoms with Crippen molar-refractivity contribution in [1.29, 1.82) is 0 Å². The van der Waals surface area contributed by atoms with E-state index in [-0.39, 0.29) is 12.4 Å². The lowest BCUT2D eigenvalue weighted by atomic mass is 9.97. The van der Waals surface area contributed by atoms with Crippen molar-refractivity contribution in [3.05, 3.63) is 0 Å². The van der Waals surface area contributed by atoms with Gasteiger partial charge >= 0.3 is 0 Å². The minimum Gasteiger partial charge on any atom is -0.353 e. The number of rotatable bonds is 6. The van der Waals surface area contributed by atoms with Crippen LogP contribution in [-0.2, 0) is 9.53 Å². The summed E-state index contributed by atoms with van der Waals surface area (Å²) in [5.74, 6) is 0. The highest BCUT2D eigenvalue weighted by atomic mass is 16.5. The van der Waals surface area contributed by atoms with E-state index in [4.69, 9.17) is 4.74 Å². The van der Waals surface area contributed by atoms with Crippen molar-refractivity contribution in [2.45, 2.75) is 127 Å². The van der Waals surface area contributed by atoms with Gasteiger partial charge in [-0.05, 0) is 44.9 Å².